The third-order valence-electron chi connectivity index (χ3n) is 2.50. The van der Waals surface area contributed by atoms with Gasteiger partial charge in [0.2, 0.25) is 5.91 Å². The molecule has 0 saturated carbocycles. The van der Waals surface area contributed by atoms with E-state index in [0.29, 0.717) is 17.9 Å². The maximum absolute atomic E-state index is 11.0. The van der Waals surface area contributed by atoms with Gasteiger partial charge < -0.3 is 14.8 Å². The Hall–Kier alpha value is -2.04. The quantitative estimate of drug-likeness (QED) is 0.650. The Kier molecular flexibility index (Phi) is 5.36. The van der Waals surface area contributed by atoms with E-state index in [4.69, 9.17) is 9.47 Å². The van der Waals surface area contributed by atoms with Gasteiger partial charge in [0.15, 0.2) is 0 Å². The molecule has 0 aromatic heterocycles. The minimum absolute atomic E-state index is 0.00553. The van der Waals surface area contributed by atoms with Crippen molar-refractivity contribution in [1.82, 2.24) is 5.32 Å². The highest BCUT2D eigenvalue weighted by Crippen LogP contribution is 2.25. The van der Waals surface area contributed by atoms with Crippen molar-refractivity contribution in [3.8, 4) is 11.5 Å². The molecule has 0 aliphatic carbocycles. The number of hydrogen-bond donors (Lipinski definition) is 1. The normalized spacial score (nSPS) is 11.6. The Labute approximate surface area is 112 Å². The number of amides is 1. The van der Waals surface area contributed by atoms with Crippen LogP contribution in [-0.4, -0.2) is 25.0 Å². The van der Waals surface area contributed by atoms with Crippen molar-refractivity contribution in [2.45, 2.75) is 33.2 Å². The first kappa shape index (κ1) is 15.0. The summed E-state index contributed by atoms with van der Waals surface area (Å²) in [4.78, 5) is 21.9. The summed E-state index contributed by atoms with van der Waals surface area (Å²) in [5.74, 6) is 0.639. The van der Waals surface area contributed by atoms with Crippen LogP contribution in [0.3, 0.4) is 0 Å². The van der Waals surface area contributed by atoms with Crippen LogP contribution in [0.15, 0.2) is 18.2 Å². The predicted octanol–water partition coefficient (Wildman–Crippen LogP) is 1.69. The maximum atomic E-state index is 11.0. The van der Waals surface area contributed by atoms with Crippen LogP contribution in [0.5, 0.6) is 11.5 Å². The van der Waals surface area contributed by atoms with Gasteiger partial charge in [-0.05, 0) is 25.0 Å². The Morgan fingerprint density at radius 2 is 2.00 bits per heavy atom. The number of ether oxygens (including phenoxy) is 2. The van der Waals surface area contributed by atoms with Crippen LogP contribution in [0.4, 0.5) is 0 Å². The number of benzene rings is 1. The van der Waals surface area contributed by atoms with Crippen LogP contribution in [0.25, 0.3) is 0 Å². The van der Waals surface area contributed by atoms with Crippen molar-refractivity contribution >= 4 is 11.9 Å². The molecule has 1 unspecified atom stereocenters. The van der Waals surface area contributed by atoms with E-state index in [-0.39, 0.29) is 17.9 Å². The summed E-state index contributed by atoms with van der Waals surface area (Å²) < 4.78 is 10.3. The molecule has 0 fully saturated rings. The molecule has 0 spiro atoms. The lowest BCUT2D eigenvalue weighted by atomic mass is 10.1. The second-order valence-electron chi connectivity index (χ2n) is 4.37. The van der Waals surface area contributed by atoms with Gasteiger partial charge in [0.05, 0.1) is 7.11 Å². The van der Waals surface area contributed by atoms with Crippen molar-refractivity contribution in [1.29, 1.82) is 0 Å². The largest absolute Gasteiger partial charge is 0.496 e. The molecule has 0 bridgehead atoms. The molecule has 104 valence electrons. The van der Waals surface area contributed by atoms with Crippen LogP contribution in [0, 0.1) is 0 Å². The van der Waals surface area contributed by atoms with Crippen molar-refractivity contribution in [2.24, 2.45) is 0 Å². The third kappa shape index (κ3) is 4.99. The van der Waals surface area contributed by atoms with Gasteiger partial charge in [0, 0.05) is 26.0 Å². The number of nitrogens with one attached hydrogen (secondary N) is 1. The number of methoxy groups -OCH3 is 1. The molecule has 1 aromatic carbocycles. The van der Waals surface area contributed by atoms with Crippen LogP contribution in [-0.2, 0) is 16.0 Å². The second kappa shape index (κ2) is 6.78. The van der Waals surface area contributed by atoms with Crippen LogP contribution in [0.1, 0.15) is 26.3 Å². The summed E-state index contributed by atoms with van der Waals surface area (Å²) in [5.41, 5.74) is 0.944. The predicted molar refractivity (Wildman–Crippen MR) is 71.3 cm³/mol. The molecule has 0 aliphatic heterocycles. The van der Waals surface area contributed by atoms with E-state index in [9.17, 15) is 9.59 Å². The van der Waals surface area contributed by atoms with Gasteiger partial charge >= 0.3 is 5.97 Å². The first-order valence-electron chi connectivity index (χ1n) is 6.04. The van der Waals surface area contributed by atoms with Gasteiger partial charge in [-0.25, -0.2) is 0 Å². The molecule has 5 heteroatoms. The van der Waals surface area contributed by atoms with Crippen molar-refractivity contribution in [3.05, 3.63) is 23.8 Å². The van der Waals surface area contributed by atoms with E-state index in [1.54, 1.807) is 19.2 Å². The zero-order chi connectivity index (χ0) is 14.4. The lowest BCUT2D eigenvalue weighted by Gasteiger charge is -2.15. The molecular formula is C14H19NO4. The average molecular weight is 265 g/mol. The SMILES string of the molecule is COc1cc(OC(C)=O)ccc1CC(C)NC(C)=O. The van der Waals surface area contributed by atoms with Crippen molar-refractivity contribution in [3.63, 3.8) is 0 Å². The van der Waals surface area contributed by atoms with Gasteiger partial charge in [-0.2, -0.15) is 0 Å². The topological polar surface area (TPSA) is 64.6 Å². The minimum Gasteiger partial charge on any atom is -0.496 e. The number of esters is 1. The second-order valence-corrected chi connectivity index (χ2v) is 4.37. The Morgan fingerprint density at radius 1 is 1.32 bits per heavy atom. The number of carbonyl (C=O) groups is 2. The third-order valence-corrected chi connectivity index (χ3v) is 2.50. The van der Waals surface area contributed by atoms with E-state index in [1.807, 2.05) is 13.0 Å². The average Bonchev–Trinajstić information content (AvgIpc) is 2.29. The fourth-order valence-electron chi connectivity index (χ4n) is 1.85. The number of hydrogen-bond acceptors (Lipinski definition) is 4. The van der Waals surface area contributed by atoms with Gasteiger partial charge in [0.1, 0.15) is 11.5 Å². The molecule has 5 nitrogen and oxygen atoms in total. The molecule has 0 radical (unpaired) electrons. The lowest BCUT2D eigenvalue weighted by Crippen LogP contribution is -2.32. The highest BCUT2D eigenvalue weighted by Gasteiger charge is 2.11. The van der Waals surface area contributed by atoms with Crippen LogP contribution in [0.2, 0.25) is 0 Å². The highest BCUT2D eigenvalue weighted by atomic mass is 16.5. The summed E-state index contributed by atoms with van der Waals surface area (Å²) in [6.07, 6.45) is 0.642. The smallest absolute Gasteiger partial charge is 0.308 e. The van der Waals surface area contributed by atoms with Crippen molar-refractivity contribution in [2.75, 3.05) is 7.11 Å². The number of carbonyl (C=O) groups excluding carboxylic acids is 2. The van der Waals surface area contributed by atoms with E-state index in [1.165, 1.54) is 13.8 Å². The highest BCUT2D eigenvalue weighted by molar-refractivity contribution is 5.73. The first-order valence-corrected chi connectivity index (χ1v) is 6.04. The summed E-state index contributed by atoms with van der Waals surface area (Å²) in [5, 5.41) is 2.81. The van der Waals surface area contributed by atoms with Crippen molar-refractivity contribution < 1.29 is 19.1 Å². The summed E-state index contributed by atoms with van der Waals surface area (Å²) in [6, 6.07) is 5.21. The van der Waals surface area contributed by atoms with E-state index in [2.05, 4.69) is 5.32 Å². The van der Waals surface area contributed by atoms with E-state index >= 15 is 0 Å². The molecule has 19 heavy (non-hydrogen) atoms. The Morgan fingerprint density at radius 3 is 2.53 bits per heavy atom. The zero-order valence-corrected chi connectivity index (χ0v) is 11.6. The molecule has 0 aliphatic rings. The van der Waals surface area contributed by atoms with E-state index < -0.39 is 0 Å². The Bertz CT molecular complexity index is 471. The molecular weight excluding hydrogens is 246 g/mol. The maximum Gasteiger partial charge on any atom is 0.308 e. The molecule has 1 amide bonds. The molecule has 1 atom stereocenters. The van der Waals surface area contributed by atoms with Gasteiger partial charge in [-0.15, -0.1) is 0 Å². The number of rotatable bonds is 5. The standard InChI is InChI=1S/C14H19NO4/c1-9(15-10(2)16)7-12-5-6-13(19-11(3)17)8-14(12)18-4/h5-6,8-9H,7H2,1-4H3,(H,15,16). The molecule has 0 heterocycles. The van der Waals surface area contributed by atoms with Gasteiger partial charge in [-0.3, -0.25) is 9.59 Å². The van der Waals surface area contributed by atoms with Gasteiger partial charge in [0.25, 0.3) is 0 Å². The molecule has 1 rings (SSSR count). The monoisotopic (exact) mass is 265 g/mol. The van der Waals surface area contributed by atoms with E-state index in [0.717, 1.165) is 5.56 Å². The summed E-state index contributed by atoms with van der Waals surface area (Å²) in [7, 11) is 1.56. The molecule has 1 N–H and O–H groups in total. The first-order chi connectivity index (χ1) is 8.92. The fourth-order valence-corrected chi connectivity index (χ4v) is 1.85. The zero-order valence-electron chi connectivity index (χ0n) is 11.6. The fraction of sp³-hybridized carbons (Fsp3) is 0.429. The lowest BCUT2D eigenvalue weighted by molar-refractivity contribution is -0.131. The summed E-state index contributed by atoms with van der Waals surface area (Å²) in [6.45, 7) is 4.75. The molecule has 1 aromatic rings. The van der Waals surface area contributed by atoms with Gasteiger partial charge in [-0.1, -0.05) is 6.07 Å². The molecule has 0 saturated heterocycles. The minimum atomic E-state index is -0.374. The Balaban J connectivity index is 2.83. The van der Waals surface area contributed by atoms with Crippen LogP contribution < -0.4 is 14.8 Å². The van der Waals surface area contributed by atoms with Crippen LogP contribution >= 0.6 is 0 Å². The summed E-state index contributed by atoms with van der Waals surface area (Å²) >= 11 is 0.